The first-order chi connectivity index (χ1) is 9.54. The maximum Gasteiger partial charge on any atom is 0.227 e. The highest BCUT2D eigenvalue weighted by Gasteiger charge is 2.43. The zero-order valence-electron chi connectivity index (χ0n) is 11.0. The Morgan fingerprint density at radius 3 is 2.45 bits per heavy atom. The van der Waals surface area contributed by atoms with Gasteiger partial charge in [-0.05, 0) is 37.3 Å². The predicted molar refractivity (Wildman–Crippen MR) is 67.8 cm³/mol. The average Bonchev–Trinajstić information content (AvgIpc) is 2.65. The fourth-order valence-corrected chi connectivity index (χ4v) is 3.44. The predicted octanol–water partition coefficient (Wildman–Crippen LogP) is 3.00. The van der Waals surface area contributed by atoms with Crippen LogP contribution in [0, 0.1) is 11.6 Å². The van der Waals surface area contributed by atoms with Gasteiger partial charge in [-0.25, -0.2) is 13.2 Å². The van der Waals surface area contributed by atoms with Crippen LogP contribution in [-0.4, -0.2) is 29.1 Å². The third-order valence-electron chi connectivity index (χ3n) is 4.32. The fourth-order valence-electron chi connectivity index (χ4n) is 3.44. The molecule has 2 heterocycles. The quantitative estimate of drug-likeness (QED) is 0.817. The van der Waals surface area contributed by atoms with Crippen molar-refractivity contribution in [2.75, 3.05) is 0 Å². The molecule has 2 unspecified atom stereocenters. The third-order valence-corrected chi connectivity index (χ3v) is 4.32. The molecular weight excluding hydrogens is 267 g/mol. The van der Waals surface area contributed by atoms with Crippen LogP contribution < -0.4 is 0 Å². The minimum absolute atomic E-state index is 0.0558. The number of nitrogens with zero attached hydrogens (tertiary/aromatic N) is 1. The number of halogens is 3. The second-order valence-electron chi connectivity index (χ2n) is 5.67. The van der Waals surface area contributed by atoms with Crippen LogP contribution >= 0.6 is 0 Å². The van der Waals surface area contributed by atoms with Crippen LogP contribution in [0.15, 0.2) is 18.2 Å². The number of benzene rings is 1. The maximum absolute atomic E-state index is 13.6. The van der Waals surface area contributed by atoms with E-state index in [2.05, 4.69) is 0 Å². The van der Waals surface area contributed by atoms with E-state index >= 15 is 0 Å². The molecule has 0 N–H and O–H groups in total. The summed E-state index contributed by atoms with van der Waals surface area (Å²) in [6, 6.07) is 3.12. The molecular formula is C15H16F3NO. The molecule has 20 heavy (non-hydrogen) atoms. The van der Waals surface area contributed by atoms with Crippen molar-refractivity contribution in [2.45, 2.75) is 50.4 Å². The molecule has 2 nitrogen and oxygen atoms in total. The van der Waals surface area contributed by atoms with E-state index in [4.69, 9.17) is 0 Å². The minimum Gasteiger partial charge on any atom is -0.336 e. The molecule has 108 valence electrons. The van der Waals surface area contributed by atoms with Gasteiger partial charge in [0, 0.05) is 18.2 Å². The van der Waals surface area contributed by atoms with E-state index in [-0.39, 0.29) is 30.0 Å². The van der Waals surface area contributed by atoms with Crippen molar-refractivity contribution in [3.8, 4) is 0 Å². The van der Waals surface area contributed by atoms with Crippen LogP contribution in [0.3, 0.4) is 0 Å². The van der Waals surface area contributed by atoms with Crippen LogP contribution in [0.2, 0.25) is 0 Å². The Balaban J connectivity index is 1.74. The second kappa shape index (κ2) is 5.11. The molecule has 2 bridgehead atoms. The van der Waals surface area contributed by atoms with Crippen molar-refractivity contribution in [1.82, 2.24) is 4.90 Å². The number of amides is 1. The fraction of sp³-hybridized carbons (Fsp3) is 0.533. The first-order valence-electron chi connectivity index (χ1n) is 6.93. The molecule has 1 amide bonds. The molecule has 0 saturated carbocycles. The van der Waals surface area contributed by atoms with Crippen molar-refractivity contribution >= 4 is 5.91 Å². The van der Waals surface area contributed by atoms with Gasteiger partial charge in [-0.15, -0.1) is 0 Å². The zero-order valence-corrected chi connectivity index (χ0v) is 11.0. The molecule has 0 aromatic heterocycles. The topological polar surface area (TPSA) is 20.3 Å². The summed E-state index contributed by atoms with van der Waals surface area (Å²) in [6.07, 6.45) is 1.49. The number of hydrogen-bond donors (Lipinski definition) is 0. The summed E-state index contributed by atoms with van der Waals surface area (Å²) < 4.78 is 39.9. The van der Waals surface area contributed by atoms with Crippen LogP contribution in [0.25, 0.3) is 0 Å². The summed E-state index contributed by atoms with van der Waals surface area (Å²) >= 11 is 0. The third kappa shape index (κ3) is 2.41. The lowest BCUT2D eigenvalue weighted by molar-refractivity contribution is -0.135. The van der Waals surface area contributed by atoms with Gasteiger partial charge in [0.2, 0.25) is 5.91 Å². The Labute approximate surface area is 115 Å². The number of hydrogen-bond acceptors (Lipinski definition) is 1. The highest BCUT2D eigenvalue weighted by Crippen LogP contribution is 2.37. The second-order valence-corrected chi connectivity index (χ2v) is 5.67. The Kier molecular flexibility index (Phi) is 3.44. The maximum atomic E-state index is 13.6. The number of fused-ring (bicyclic) bond motifs is 2. The smallest absolute Gasteiger partial charge is 0.227 e. The van der Waals surface area contributed by atoms with E-state index in [0.29, 0.717) is 12.8 Å². The lowest BCUT2D eigenvalue weighted by atomic mass is 9.99. The number of carbonyl (C=O) groups is 1. The molecule has 0 radical (unpaired) electrons. The Hall–Kier alpha value is -1.52. The lowest BCUT2D eigenvalue weighted by Gasteiger charge is -2.36. The number of alkyl halides is 1. The molecule has 2 atom stereocenters. The Bertz CT molecular complexity index is 520. The minimum atomic E-state index is -0.834. The van der Waals surface area contributed by atoms with Crippen molar-refractivity contribution in [3.05, 3.63) is 35.4 Å². The van der Waals surface area contributed by atoms with Gasteiger partial charge >= 0.3 is 0 Å². The van der Waals surface area contributed by atoms with Crippen molar-refractivity contribution in [1.29, 1.82) is 0 Å². The first kappa shape index (κ1) is 13.5. The van der Waals surface area contributed by atoms with Crippen LogP contribution in [-0.2, 0) is 11.2 Å². The van der Waals surface area contributed by atoms with Gasteiger partial charge in [0.15, 0.2) is 0 Å². The molecule has 5 heteroatoms. The zero-order chi connectivity index (χ0) is 14.3. The van der Waals surface area contributed by atoms with Crippen molar-refractivity contribution < 1.29 is 18.0 Å². The summed E-state index contributed by atoms with van der Waals surface area (Å²) in [5, 5.41) is 0. The largest absolute Gasteiger partial charge is 0.336 e. The molecule has 2 fully saturated rings. The number of piperidine rings is 1. The summed E-state index contributed by atoms with van der Waals surface area (Å²) in [5.74, 6) is -1.54. The normalized spacial score (nSPS) is 28.8. The lowest BCUT2D eigenvalue weighted by Crippen LogP contribution is -2.47. The first-order valence-corrected chi connectivity index (χ1v) is 6.93. The van der Waals surface area contributed by atoms with E-state index in [1.165, 1.54) is 6.07 Å². The van der Waals surface area contributed by atoms with Gasteiger partial charge in [-0.2, -0.15) is 0 Å². The summed E-state index contributed by atoms with van der Waals surface area (Å²) in [4.78, 5) is 14.0. The standard InChI is InChI=1S/C15H16F3NO/c16-10-2-1-9(14(18)8-10)5-15(20)19-12-3-4-13(19)7-11(17)6-12/h1-2,8,11-13H,3-7H2. The molecule has 2 aliphatic heterocycles. The average molecular weight is 283 g/mol. The van der Waals surface area contributed by atoms with Crippen LogP contribution in [0.4, 0.5) is 13.2 Å². The molecule has 0 spiro atoms. The van der Waals surface area contributed by atoms with Gasteiger partial charge in [-0.3, -0.25) is 4.79 Å². The van der Waals surface area contributed by atoms with Gasteiger partial charge in [0.05, 0.1) is 6.42 Å². The monoisotopic (exact) mass is 283 g/mol. The van der Waals surface area contributed by atoms with Gasteiger partial charge in [0.1, 0.15) is 17.8 Å². The Morgan fingerprint density at radius 1 is 1.20 bits per heavy atom. The highest BCUT2D eigenvalue weighted by atomic mass is 19.1. The number of carbonyl (C=O) groups excluding carboxylic acids is 1. The summed E-state index contributed by atoms with van der Waals surface area (Å²) in [6.45, 7) is 0. The molecule has 2 aliphatic rings. The van der Waals surface area contributed by atoms with Crippen molar-refractivity contribution in [3.63, 3.8) is 0 Å². The SMILES string of the molecule is O=C(Cc1ccc(F)cc1F)N1C2CCC1CC(F)C2. The molecule has 1 aromatic rings. The highest BCUT2D eigenvalue weighted by molar-refractivity contribution is 5.80. The molecule has 1 aromatic carbocycles. The van der Waals surface area contributed by atoms with E-state index in [0.717, 1.165) is 25.0 Å². The number of rotatable bonds is 2. The van der Waals surface area contributed by atoms with E-state index < -0.39 is 17.8 Å². The van der Waals surface area contributed by atoms with Gasteiger partial charge < -0.3 is 4.90 Å². The van der Waals surface area contributed by atoms with Gasteiger partial charge in [-0.1, -0.05) is 6.07 Å². The summed E-state index contributed by atoms with van der Waals surface area (Å²) in [5.41, 5.74) is 0.193. The van der Waals surface area contributed by atoms with Crippen LogP contribution in [0.5, 0.6) is 0 Å². The van der Waals surface area contributed by atoms with Crippen LogP contribution in [0.1, 0.15) is 31.2 Å². The Morgan fingerprint density at radius 2 is 1.85 bits per heavy atom. The van der Waals surface area contributed by atoms with E-state index in [9.17, 15) is 18.0 Å². The van der Waals surface area contributed by atoms with E-state index in [1.807, 2.05) is 0 Å². The van der Waals surface area contributed by atoms with E-state index in [1.54, 1.807) is 4.90 Å². The van der Waals surface area contributed by atoms with Gasteiger partial charge in [0.25, 0.3) is 0 Å². The molecule has 3 rings (SSSR count). The molecule has 2 saturated heterocycles. The molecule has 0 aliphatic carbocycles. The van der Waals surface area contributed by atoms with Crippen molar-refractivity contribution in [2.24, 2.45) is 0 Å². The summed E-state index contributed by atoms with van der Waals surface area (Å²) in [7, 11) is 0.